The maximum Gasteiger partial charge on any atom is 0.331 e. The molecule has 0 aliphatic heterocycles. The fraction of sp³-hybridized carbons (Fsp3) is 0.400. The van der Waals surface area contributed by atoms with E-state index in [1.165, 1.54) is 22.0 Å². The highest BCUT2D eigenvalue weighted by molar-refractivity contribution is 7.92. The van der Waals surface area contributed by atoms with Crippen molar-refractivity contribution in [3.05, 3.63) is 68.9 Å². The van der Waals surface area contributed by atoms with Gasteiger partial charge in [0, 0.05) is 13.1 Å². The van der Waals surface area contributed by atoms with Crippen LogP contribution < -0.4 is 20.3 Å². The number of aromatic nitrogens is 2. The zero-order valence-corrected chi connectivity index (χ0v) is 21.7. The topological polar surface area (TPSA) is 117 Å². The first kappa shape index (κ1) is 27.0. The first-order valence-corrected chi connectivity index (χ1v) is 13.3. The van der Waals surface area contributed by atoms with E-state index < -0.39 is 33.0 Å². The van der Waals surface area contributed by atoms with Crippen LogP contribution in [0.1, 0.15) is 32.8 Å². The molecule has 2 aromatic carbocycles. The second-order valence-electron chi connectivity index (χ2n) is 8.00. The molecule has 0 unspecified atom stereocenters. The molecule has 0 fully saturated rings. The molecule has 36 heavy (non-hydrogen) atoms. The molecule has 3 aromatic rings. The summed E-state index contributed by atoms with van der Waals surface area (Å²) in [6, 6.07) is 11.6. The molecule has 0 N–H and O–H groups in total. The van der Waals surface area contributed by atoms with Gasteiger partial charge in [-0.25, -0.2) is 13.2 Å². The maximum atomic E-state index is 13.4. The van der Waals surface area contributed by atoms with E-state index in [9.17, 15) is 22.8 Å². The molecule has 0 saturated carbocycles. The van der Waals surface area contributed by atoms with Crippen LogP contribution >= 0.6 is 0 Å². The molecule has 0 atom stereocenters. The minimum atomic E-state index is -4.00. The van der Waals surface area contributed by atoms with E-state index in [4.69, 9.17) is 9.47 Å². The molecular weight excluding hydrogens is 486 g/mol. The van der Waals surface area contributed by atoms with Crippen molar-refractivity contribution in [2.45, 2.75) is 46.8 Å². The predicted octanol–water partition coefficient (Wildman–Crippen LogP) is 2.50. The van der Waals surface area contributed by atoms with Gasteiger partial charge in [0.2, 0.25) is 10.0 Å². The largest absolute Gasteiger partial charge is 0.497 e. The van der Waals surface area contributed by atoms with Crippen LogP contribution in [-0.4, -0.2) is 43.0 Å². The molecule has 11 heteroatoms. The number of rotatable bonds is 11. The van der Waals surface area contributed by atoms with Crippen LogP contribution in [-0.2, 0) is 39.2 Å². The van der Waals surface area contributed by atoms with E-state index >= 15 is 0 Å². The van der Waals surface area contributed by atoms with Crippen molar-refractivity contribution in [1.82, 2.24) is 9.13 Å². The molecule has 0 amide bonds. The Bertz CT molecular complexity index is 1460. The van der Waals surface area contributed by atoms with Gasteiger partial charge in [0.25, 0.3) is 5.56 Å². The highest BCUT2D eigenvalue weighted by Gasteiger charge is 2.25. The Morgan fingerprint density at radius 3 is 2.22 bits per heavy atom. The van der Waals surface area contributed by atoms with E-state index in [1.54, 1.807) is 57.2 Å². The lowest BCUT2D eigenvalue weighted by molar-refractivity contribution is -0.142. The number of esters is 1. The Balaban J connectivity index is 2.14. The van der Waals surface area contributed by atoms with Crippen LogP contribution in [0.3, 0.4) is 0 Å². The van der Waals surface area contributed by atoms with Crippen LogP contribution in [0.4, 0.5) is 5.69 Å². The van der Waals surface area contributed by atoms with Crippen LogP contribution in [0.2, 0.25) is 0 Å². The van der Waals surface area contributed by atoms with Crippen LogP contribution in [0.15, 0.2) is 52.1 Å². The molecular formula is C25H31N3O7S. The Morgan fingerprint density at radius 2 is 1.64 bits per heavy atom. The number of fused-ring (bicyclic) bond motifs is 1. The van der Waals surface area contributed by atoms with Gasteiger partial charge in [0.05, 0.1) is 49.0 Å². The summed E-state index contributed by atoms with van der Waals surface area (Å²) in [6.07, 6.45) is -0.305. The zero-order valence-electron chi connectivity index (χ0n) is 20.9. The number of benzene rings is 2. The third kappa shape index (κ3) is 5.62. The molecule has 0 radical (unpaired) electrons. The minimum Gasteiger partial charge on any atom is -0.497 e. The quantitative estimate of drug-likeness (QED) is 0.359. The average molecular weight is 518 g/mol. The Hall–Kier alpha value is -3.60. The van der Waals surface area contributed by atoms with Gasteiger partial charge in [0.15, 0.2) is 0 Å². The molecule has 0 aliphatic carbocycles. The lowest BCUT2D eigenvalue weighted by atomic mass is 10.2. The van der Waals surface area contributed by atoms with E-state index in [0.717, 1.165) is 4.57 Å². The average Bonchev–Trinajstić information content (AvgIpc) is 2.87. The van der Waals surface area contributed by atoms with Gasteiger partial charge in [-0.1, -0.05) is 12.1 Å². The van der Waals surface area contributed by atoms with E-state index in [0.29, 0.717) is 23.4 Å². The van der Waals surface area contributed by atoms with Crippen molar-refractivity contribution in [2.75, 3.05) is 23.8 Å². The SMILES string of the molecule is CCOC(=O)CCS(=O)(=O)N(Cc1ccc(OC)cc1)c1ccc2c(c1)c(=O)n(CC)c(=O)n2CC. The van der Waals surface area contributed by atoms with E-state index in [1.807, 2.05) is 0 Å². The summed E-state index contributed by atoms with van der Waals surface area (Å²) >= 11 is 0. The molecule has 3 rings (SSSR count). The maximum absolute atomic E-state index is 13.4. The van der Waals surface area contributed by atoms with Crippen molar-refractivity contribution < 1.29 is 22.7 Å². The van der Waals surface area contributed by atoms with Crippen LogP contribution in [0, 0.1) is 0 Å². The van der Waals surface area contributed by atoms with Gasteiger partial charge in [-0.2, -0.15) is 0 Å². The van der Waals surface area contributed by atoms with Crippen LogP contribution in [0.5, 0.6) is 5.75 Å². The smallest absolute Gasteiger partial charge is 0.331 e. The summed E-state index contributed by atoms with van der Waals surface area (Å²) in [5, 5.41) is 0.233. The summed E-state index contributed by atoms with van der Waals surface area (Å²) in [4.78, 5) is 37.7. The molecule has 10 nitrogen and oxygen atoms in total. The first-order chi connectivity index (χ1) is 17.2. The number of hydrogen-bond donors (Lipinski definition) is 0. The van der Waals surface area contributed by atoms with E-state index in [-0.39, 0.29) is 37.2 Å². The van der Waals surface area contributed by atoms with Crippen molar-refractivity contribution in [3.63, 3.8) is 0 Å². The highest BCUT2D eigenvalue weighted by atomic mass is 32.2. The highest BCUT2D eigenvalue weighted by Crippen LogP contribution is 2.26. The lowest BCUT2D eigenvalue weighted by Crippen LogP contribution is -2.39. The first-order valence-electron chi connectivity index (χ1n) is 11.7. The number of aryl methyl sites for hydroxylation is 1. The third-order valence-corrected chi connectivity index (χ3v) is 7.55. The number of methoxy groups -OCH3 is 1. The molecule has 1 heterocycles. The number of sulfonamides is 1. The van der Waals surface area contributed by atoms with Gasteiger partial charge < -0.3 is 9.47 Å². The van der Waals surface area contributed by atoms with Gasteiger partial charge in [-0.3, -0.25) is 23.0 Å². The van der Waals surface area contributed by atoms with Crippen molar-refractivity contribution >= 4 is 32.6 Å². The second kappa shape index (κ2) is 11.4. The molecule has 1 aromatic heterocycles. The molecule has 0 spiro atoms. The van der Waals surface area contributed by atoms with Crippen LogP contribution in [0.25, 0.3) is 10.9 Å². The summed E-state index contributed by atoms with van der Waals surface area (Å²) in [5.41, 5.74) is 0.456. The fourth-order valence-electron chi connectivity index (χ4n) is 3.95. The number of nitrogens with zero attached hydrogens (tertiary/aromatic N) is 3. The third-order valence-electron chi connectivity index (χ3n) is 5.82. The van der Waals surface area contributed by atoms with Gasteiger partial charge in [0.1, 0.15) is 5.75 Å². The number of carbonyl (C=O) groups is 1. The number of hydrogen-bond acceptors (Lipinski definition) is 7. The van der Waals surface area contributed by atoms with Crippen molar-refractivity contribution in [1.29, 1.82) is 0 Å². The Kier molecular flexibility index (Phi) is 8.57. The predicted molar refractivity (Wildman–Crippen MR) is 138 cm³/mol. The zero-order chi connectivity index (χ0) is 26.5. The summed E-state index contributed by atoms with van der Waals surface area (Å²) in [7, 11) is -2.46. The summed E-state index contributed by atoms with van der Waals surface area (Å²) in [5.74, 6) is -0.450. The monoisotopic (exact) mass is 517 g/mol. The number of carbonyl (C=O) groups excluding carboxylic acids is 1. The number of ether oxygens (including phenoxy) is 2. The number of anilines is 1. The molecule has 0 aliphatic rings. The molecule has 194 valence electrons. The Morgan fingerprint density at radius 1 is 0.972 bits per heavy atom. The van der Waals surface area contributed by atoms with E-state index in [2.05, 4.69) is 0 Å². The normalized spacial score (nSPS) is 11.4. The summed E-state index contributed by atoms with van der Waals surface area (Å²) in [6.45, 7) is 5.81. The standard InChI is InChI=1S/C25H31N3O7S/c1-5-26-22-13-10-19(16-21(22)24(30)27(6-2)25(26)31)28(17-18-8-11-20(34-4)12-9-18)36(32,33)15-14-23(29)35-7-3/h8-13,16H,5-7,14-15,17H2,1-4H3. The van der Waals surface area contributed by atoms with Crippen molar-refractivity contribution in [3.8, 4) is 5.75 Å². The Labute approximate surface area is 209 Å². The lowest BCUT2D eigenvalue weighted by Gasteiger charge is -2.25. The van der Waals surface area contributed by atoms with Crippen molar-refractivity contribution in [2.24, 2.45) is 0 Å². The van der Waals surface area contributed by atoms with Gasteiger partial charge >= 0.3 is 11.7 Å². The van der Waals surface area contributed by atoms with Gasteiger partial charge in [-0.05, 0) is 56.7 Å². The molecule has 0 saturated heterocycles. The van der Waals surface area contributed by atoms with Gasteiger partial charge in [-0.15, -0.1) is 0 Å². The summed E-state index contributed by atoms with van der Waals surface area (Å²) < 4.78 is 40.7. The second-order valence-corrected chi connectivity index (χ2v) is 10.0. The fourth-order valence-corrected chi connectivity index (χ4v) is 5.38. The minimum absolute atomic E-state index is 0.0317. The molecule has 0 bridgehead atoms.